The average Bonchev–Trinajstić information content (AvgIpc) is 3.29. The van der Waals surface area contributed by atoms with Gasteiger partial charge < -0.3 is 14.6 Å². The van der Waals surface area contributed by atoms with Crippen molar-refractivity contribution >= 4 is 12.0 Å². The van der Waals surface area contributed by atoms with Crippen LogP contribution in [0.5, 0.6) is 11.5 Å². The number of hydrogen-bond acceptors (Lipinski definition) is 4. The molecule has 4 heteroatoms. The zero-order chi connectivity index (χ0) is 33.7. The van der Waals surface area contributed by atoms with Gasteiger partial charge in [-0.25, -0.2) is 4.79 Å². The van der Waals surface area contributed by atoms with Crippen LogP contribution in [0.3, 0.4) is 0 Å². The maximum Gasteiger partial charge on any atom is 0.331 e. The summed E-state index contributed by atoms with van der Waals surface area (Å²) in [4.78, 5) is 13.1. The van der Waals surface area contributed by atoms with Crippen LogP contribution in [-0.2, 0) is 9.53 Å². The highest BCUT2D eigenvalue weighted by Crippen LogP contribution is 2.73. The number of esters is 1. The molecule has 1 aromatic carbocycles. The monoisotopic (exact) mass is 632 g/mol. The minimum Gasteiger partial charge on any atom is -0.504 e. The second kappa shape index (κ2) is 13.0. The molecule has 4 nitrogen and oxygen atoms in total. The Labute approximate surface area is 280 Å². The minimum absolute atomic E-state index is 0.0818. The van der Waals surface area contributed by atoms with E-state index in [-0.39, 0.29) is 28.7 Å². The number of carbonyl (C=O) groups excluding carboxylic acids is 1. The number of phenols is 1. The third kappa shape index (κ3) is 5.87. The first kappa shape index (κ1) is 35.1. The lowest BCUT2D eigenvalue weighted by molar-refractivity contribution is -0.156. The largest absolute Gasteiger partial charge is 0.504 e. The lowest BCUT2D eigenvalue weighted by Gasteiger charge is -2.64. The summed E-state index contributed by atoms with van der Waals surface area (Å²) >= 11 is 0. The van der Waals surface area contributed by atoms with Gasteiger partial charge in [-0.1, -0.05) is 92.9 Å². The number of aromatic hydroxyl groups is 1. The summed E-state index contributed by atoms with van der Waals surface area (Å²) in [7, 11) is 1.52. The van der Waals surface area contributed by atoms with E-state index in [4.69, 9.17) is 9.47 Å². The second-order valence-electron chi connectivity index (χ2n) is 17.4. The molecule has 0 radical (unpaired) electrons. The van der Waals surface area contributed by atoms with Gasteiger partial charge in [0.1, 0.15) is 6.10 Å². The fourth-order valence-corrected chi connectivity index (χ4v) is 11.8. The fourth-order valence-electron chi connectivity index (χ4n) is 11.8. The number of hydrogen-bond donors (Lipinski definition) is 1. The summed E-state index contributed by atoms with van der Waals surface area (Å²) < 4.78 is 11.4. The number of allylic oxidation sites excluding steroid dienone is 1. The molecular weight excluding hydrogens is 568 g/mol. The van der Waals surface area contributed by atoms with E-state index in [1.165, 1.54) is 70.1 Å². The van der Waals surface area contributed by atoms with Crippen molar-refractivity contribution in [2.24, 2.45) is 57.2 Å². The van der Waals surface area contributed by atoms with Crippen molar-refractivity contribution in [1.29, 1.82) is 0 Å². The van der Waals surface area contributed by atoms with E-state index >= 15 is 0 Å². The van der Waals surface area contributed by atoms with Crippen LogP contribution in [-0.4, -0.2) is 24.3 Å². The first-order valence-corrected chi connectivity index (χ1v) is 18.6. The van der Waals surface area contributed by atoms with E-state index in [1.54, 1.807) is 24.3 Å². The molecule has 0 aromatic heterocycles. The molecule has 256 valence electrons. The predicted molar refractivity (Wildman–Crippen MR) is 190 cm³/mol. The van der Waals surface area contributed by atoms with Crippen LogP contribution in [0, 0.1) is 57.2 Å². The standard InChI is InChI=1S/C42H64O4/c1-11-30(27(2)3)15-12-28(4)31-20-24-42(9)33-16-18-36-39(5,6)37(22-23-40(36,7)32(33)21-25-41(31,42)8)46-38(44)19-14-29-13-17-34(43)35(26-29)45-10/h13-14,17-19,26-28,30-33,37,43H,11-12,15-16,20-25H2,1-10H3/b19-14+/t28-,30-,31-,32+,33-,37+,40-,41-,42+/m1/s1. The topological polar surface area (TPSA) is 55.8 Å². The molecular formula is C42H64O4. The lowest BCUT2D eigenvalue weighted by Crippen LogP contribution is -2.58. The third-order valence-electron chi connectivity index (χ3n) is 14.8. The van der Waals surface area contributed by atoms with Crippen molar-refractivity contribution in [2.45, 2.75) is 133 Å². The van der Waals surface area contributed by atoms with Crippen molar-refractivity contribution < 1.29 is 19.4 Å². The molecule has 5 rings (SSSR count). The highest BCUT2D eigenvalue weighted by Gasteiger charge is 2.66. The fraction of sp³-hybridized carbons (Fsp3) is 0.738. The number of ether oxygens (including phenoxy) is 2. The van der Waals surface area contributed by atoms with E-state index in [0.29, 0.717) is 22.5 Å². The maximum absolute atomic E-state index is 13.1. The SMILES string of the molecule is CC[C@H](CC[C@@H](C)[C@H]1CC[C@@]2(C)[C@@H]3CC=C4C(C)(C)[C@@H](OC(=O)/C=C/c5ccc(O)c(OC)c5)CC[C@]4(C)[C@H]3CC[C@]12C)C(C)C. The molecule has 0 amide bonds. The zero-order valence-corrected chi connectivity index (χ0v) is 30.7. The minimum atomic E-state index is -0.311. The summed E-state index contributed by atoms with van der Waals surface area (Å²) in [6.45, 7) is 22.4. The van der Waals surface area contributed by atoms with Crippen LogP contribution < -0.4 is 4.74 Å². The summed E-state index contributed by atoms with van der Waals surface area (Å²) in [5.74, 6) is 4.87. The maximum atomic E-state index is 13.1. The van der Waals surface area contributed by atoms with Gasteiger partial charge in [-0.3, -0.25) is 0 Å². The first-order chi connectivity index (χ1) is 21.6. The van der Waals surface area contributed by atoms with Crippen molar-refractivity contribution in [3.63, 3.8) is 0 Å². The van der Waals surface area contributed by atoms with E-state index in [9.17, 15) is 9.90 Å². The molecule has 0 unspecified atom stereocenters. The van der Waals surface area contributed by atoms with Crippen LogP contribution in [0.2, 0.25) is 0 Å². The molecule has 0 aliphatic heterocycles. The Balaban J connectivity index is 1.30. The van der Waals surface area contributed by atoms with Crippen LogP contribution in [0.25, 0.3) is 6.08 Å². The molecule has 3 saturated carbocycles. The Morgan fingerprint density at radius 3 is 2.37 bits per heavy atom. The van der Waals surface area contributed by atoms with Crippen LogP contribution in [0.1, 0.15) is 132 Å². The number of carbonyl (C=O) groups is 1. The molecule has 0 saturated heterocycles. The van der Waals surface area contributed by atoms with Gasteiger partial charge in [0.05, 0.1) is 7.11 Å². The van der Waals surface area contributed by atoms with Gasteiger partial charge in [0.2, 0.25) is 0 Å². The first-order valence-electron chi connectivity index (χ1n) is 18.6. The normalized spacial score (nSPS) is 36.4. The van der Waals surface area contributed by atoms with Crippen molar-refractivity contribution in [2.75, 3.05) is 7.11 Å². The molecule has 0 bridgehead atoms. The quantitative estimate of drug-likeness (QED) is 0.158. The zero-order valence-electron chi connectivity index (χ0n) is 30.7. The van der Waals surface area contributed by atoms with Gasteiger partial charge >= 0.3 is 5.97 Å². The summed E-state index contributed by atoms with van der Waals surface area (Å²) in [6.07, 6.45) is 18.4. The number of fused-ring (bicyclic) bond motifs is 5. The molecule has 1 N–H and O–H groups in total. The predicted octanol–water partition coefficient (Wildman–Crippen LogP) is 11.0. The number of benzene rings is 1. The van der Waals surface area contributed by atoms with Crippen LogP contribution in [0.4, 0.5) is 0 Å². The molecule has 46 heavy (non-hydrogen) atoms. The van der Waals surface area contributed by atoms with E-state index in [2.05, 4.69) is 68.4 Å². The van der Waals surface area contributed by atoms with E-state index < -0.39 is 0 Å². The Bertz CT molecular complexity index is 1320. The Morgan fingerprint density at radius 2 is 1.70 bits per heavy atom. The number of rotatable bonds is 10. The van der Waals surface area contributed by atoms with Crippen LogP contribution in [0.15, 0.2) is 35.9 Å². The van der Waals surface area contributed by atoms with Crippen LogP contribution >= 0.6 is 0 Å². The number of methoxy groups -OCH3 is 1. The molecule has 4 aliphatic carbocycles. The van der Waals surface area contributed by atoms with Crippen molar-refractivity contribution in [3.05, 3.63) is 41.5 Å². The second-order valence-corrected chi connectivity index (χ2v) is 17.4. The van der Waals surface area contributed by atoms with Gasteiger partial charge in [0.15, 0.2) is 11.5 Å². The molecule has 1 aromatic rings. The van der Waals surface area contributed by atoms with Gasteiger partial charge in [-0.05, 0) is 127 Å². The summed E-state index contributed by atoms with van der Waals surface area (Å²) in [5.41, 5.74) is 3.08. The lowest BCUT2D eigenvalue weighted by atomic mass is 9.40. The van der Waals surface area contributed by atoms with Crippen molar-refractivity contribution in [1.82, 2.24) is 0 Å². The molecule has 0 spiro atoms. The van der Waals surface area contributed by atoms with Crippen molar-refractivity contribution in [3.8, 4) is 11.5 Å². The number of phenolic OH excluding ortho intramolecular Hbond substituents is 1. The summed E-state index contributed by atoms with van der Waals surface area (Å²) in [5, 5.41) is 9.89. The average molecular weight is 633 g/mol. The Hall–Kier alpha value is -2.23. The third-order valence-corrected chi connectivity index (χ3v) is 14.8. The molecule has 3 fully saturated rings. The van der Waals surface area contributed by atoms with Gasteiger partial charge in [0.25, 0.3) is 0 Å². The van der Waals surface area contributed by atoms with Gasteiger partial charge in [0, 0.05) is 11.5 Å². The Morgan fingerprint density at radius 1 is 0.978 bits per heavy atom. The highest BCUT2D eigenvalue weighted by molar-refractivity contribution is 5.87. The smallest absolute Gasteiger partial charge is 0.331 e. The highest BCUT2D eigenvalue weighted by atomic mass is 16.5. The van der Waals surface area contributed by atoms with Gasteiger partial charge in [-0.15, -0.1) is 0 Å². The summed E-state index contributed by atoms with van der Waals surface area (Å²) in [6, 6.07) is 5.06. The van der Waals surface area contributed by atoms with E-state index in [1.807, 2.05) is 0 Å². The molecule has 4 aliphatic rings. The molecule has 0 heterocycles. The molecule has 9 atom stereocenters. The van der Waals surface area contributed by atoms with Gasteiger partial charge in [-0.2, -0.15) is 0 Å². The van der Waals surface area contributed by atoms with E-state index in [0.717, 1.165) is 48.0 Å². The Kier molecular flexibility index (Phi) is 9.91.